The Balaban J connectivity index is 1.37. The monoisotopic (exact) mass is 467 g/mol. The van der Waals surface area contributed by atoms with Crippen molar-refractivity contribution in [3.05, 3.63) is 94.0 Å². The second-order valence-corrected chi connectivity index (χ2v) is 8.34. The fourth-order valence-corrected chi connectivity index (χ4v) is 4.05. The number of benzene rings is 3. The third-order valence-electron chi connectivity index (χ3n) is 4.79. The van der Waals surface area contributed by atoms with Crippen LogP contribution in [0, 0.1) is 10.1 Å². The molecular weight excluding hydrogens is 442 g/mol. The summed E-state index contributed by atoms with van der Waals surface area (Å²) >= 11 is 1.34. The summed E-state index contributed by atoms with van der Waals surface area (Å²) < 4.78 is 11.4. The van der Waals surface area contributed by atoms with Crippen molar-refractivity contribution in [1.29, 1.82) is 0 Å². The van der Waals surface area contributed by atoms with Gasteiger partial charge in [0.05, 0.1) is 28.6 Å². The summed E-state index contributed by atoms with van der Waals surface area (Å²) in [7, 11) is 0. The van der Waals surface area contributed by atoms with Gasteiger partial charge in [0.1, 0.15) is 11.5 Å². The number of rotatable bonds is 13. The molecule has 0 heterocycles. The Morgan fingerprint density at radius 3 is 2.15 bits per heavy atom. The highest BCUT2D eigenvalue weighted by atomic mass is 32.2. The van der Waals surface area contributed by atoms with Crippen LogP contribution in [-0.4, -0.2) is 35.0 Å². The minimum absolute atomic E-state index is 0.0923. The van der Waals surface area contributed by atoms with Crippen molar-refractivity contribution in [2.45, 2.75) is 24.2 Å². The Labute approximate surface area is 196 Å². The summed E-state index contributed by atoms with van der Waals surface area (Å²) in [6, 6.07) is 21.5. The summed E-state index contributed by atoms with van der Waals surface area (Å²) in [4.78, 5) is 22.2. The highest BCUT2D eigenvalue weighted by Gasteiger charge is 2.17. The van der Waals surface area contributed by atoms with E-state index in [2.05, 4.69) is 0 Å². The van der Waals surface area contributed by atoms with Gasteiger partial charge < -0.3 is 14.6 Å². The molecule has 0 aliphatic heterocycles. The molecule has 0 aliphatic carbocycles. The molecule has 0 bridgehead atoms. The highest BCUT2D eigenvalue weighted by molar-refractivity contribution is 7.99. The predicted octanol–water partition coefficient (Wildman–Crippen LogP) is 5.87. The van der Waals surface area contributed by atoms with Crippen LogP contribution in [-0.2, 0) is 6.42 Å². The first kappa shape index (κ1) is 24.1. The van der Waals surface area contributed by atoms with Crippen molar-refractivity contribution >= 4 is 23.4 Å². The Hall–Kier alpha value is -3.52. The van der Waals surface area contributed by atoms with E-state index in [4.69, 9.17) is 14.6 Å². The largest absolute Gasteiger partial charge is 0.494 e. The van der Waals surface area contributed by atoms with Gasteiger partial charge in [-0.15, -0.1) is 11.8 Å². The minimum Gasteiger partial charge on any atom is -0.494 e. The van der Waals surface area contributed by atoms with Crippen LogP contribution in [0.2, 0.25) is 0 Å². The first-order chi connectivity index (χ1) is 16.0. The number of hydrogen-bond acceptors (Lipinski definition) is 6. The maximum Gasteiger partial charge on any atom is 0.335 e. The standard InChI is InChI=1S/C25H25NO6S/c27-25(28)20-10-13-24(23(18-20)26(29)30)33-17-14-19-8-11-22(12-9-19)32-16-5-4-15-31-21-6-2-1-3-7-21/h1-3,6-13,18H,4-5,14-17H2,(H,27,28). The summed E-state index contributed by atoms with van der Waals surface area (Å²) in [6.45, 7) is 1.27. The lowest BCUT2D eigenvalue weighted by molar-refractivity contribution is -0.387. The number of carbonyl (C=O) groups is 1. The first-order valence-corrected chi connectivity index (χ1v) is 11.6. The number of nitro benzene ring substituents is 1. The second kappa shape index (κ2) is 12.5. The molecule has 0 aromatic heterocycles. The van der Waals surface area contributed by atoms with Crippen molar-refractivity contribution in [1.82, 2.24) is 0 Å². The van der Waals surface area contributed by atoms with Crippen molar-refractivity contribution in [2.75, 3.05) is 19.0 Å². The molecule has 0 saturated carbocycles. The Morgan fingerprint density at radius 2 is 1.55 bits per heavy atom. The molecular formula is C25H25NO6S. The number of carboxylic acid groups (broad SMARTS) is 1. The molecule has 0 aliphatic rings. The smallest absolute Gasteiger partial charge is 0.335 e. The van der Waals surface area contributed by atoms with Crippen LogP contribution >= 0.6 is 11.8 Å². The zero-order valence-corrected chi connectivity index (χ0v) is 18.8. The number of aromatic carboxylic acids is 1. The molecule has 0 spiro atoms. The van der Waals surface area contributed by atoms with Crippen LogP contribution in [0.25, 0.3) is 0 Å². The van der Waals surface area contributed by atoms with Crippen molar-refractivity contribution in [3.8, 4) is 11.5 Å². The summed E-state index contributed by atoms with van der Waals surface area (Å²) in [5.74, 6) is 1.13. The first-order valence-electron chi connectivity index (χ1n) is 10.6. The van der Waals surface area contributed by atoms with Crippen LogP contribution in [0.3, 0.4) is 0 Å². The molecule has 7 nitrogen and oxygen atoms in total. The normalized spacial score (nSPS) is 10.5. The van der Waals surface area contributed by atoms with Gasteiger partial charge in [0, 0.05) is 11.8 Å². The third kappa shape index (κ3) is 7.84. The van der Waals surface area contributed by atoms with Crippen molar-refractivity contribution in [2.24, 2.45) is 0 Å². The minimum atomic E-state index is -1.18. The molecule has 3 aromatic carbocycles. The number of aryl methyl sites for hydroxylation is 1. The van der Waals surface area contributed by atoms with Gasteiger partial charge in [-0.2, -0.15) is 0 Å². The van der Waals surface area contributed by atoms with E-state index in [9.17, 15) is 14.9 Å². The highest BCUT2D eigenvalue weighted by Crippen LogP contribution is 2.30. The quantitative estimate of drug-likeness (QED) is 0.145. The third-order valence-corrected chi connectivity index (χ3v) is 5.86. The van der Waals surface area contributed by atoms with Gasteiger partial charge in [0.15, 0.2) is 0 Å². The molecule has 172 valence electrons. The zero-order chi connectivity index (χ0) is 23.5. The number of thioether (sulfide) groups is 1. The maximum absolute atomic E-state index is 11.3. The number of unbranched alkanes of at least 4 members (excludes halogenated alkanes) is 1. The van der Waals surface area contributed by atoms with E-state index in [1.807, 2.05) is 54.6 Å². The average molecular weight is 468 g/mol. The number of ether oxygens (including phenoxy) is 2. The fraction of sp³-hybridized carbons (Fsp3) is 0.240. The van der Waals surface area contributed by atoms with Crippen molar-refractivity contribution in [3.63, 3.8) is 0 Å². The van der Waals surface area contributed by atoms with Crippen LogP contribution in [0.5, 0.6) is 11.5 Å². The Kier molecular flexibility index (Phi) is 9.14. The van der Waals surface area contributed by atoms with Gasteiger partial charge in [-0.05, 0) is 61.2 Å². The molecule has 0 radical (unpaired) electrons. The van der Waals surface area contributed by atoms with Crippen LogP contribution < -0.4 is 9.47 Å². The molecule has 8 heteroatoms. The molecule has 0 unspecified atom stereocenters. The molecule has 3 aromatic rings. The van der Waals surface area contributed by atoms with E-state index in [0.29, 0.717) is 23.9 Å². The van der Waals surface area contributed by atoms with E-state index in [1.165, 1.54) is 23.9 Å². The lowest BCUT2D eigenvalue weighted by Crippen LogP contribution is -2.02. The molecule has 1 N–H and O–H groups in total. The van der Waals surface area contributed by atoms with E-state index >= 15 is 0 Å². The molecule has 0 amide bonds. The number of nitrogens with zero attached hydrogens (tertiary/aromatic N) is 1. The molecule has 3 rings (SSSR count). The topological polar surface area (TPSA) is 98.9 Å². The van der Waals surface area contributed by atoms with E-state index in [-0.39, 0.29) is 11.3 Å². The fourth-order valence-electron chi connectivity index (χ4n) is 3.05. The lowest BCUT2D eigenvalue weighted by Gasteiger charge is -2.09. The SMILES string of the molecule is O=C(O)c1ccc(SCCc2ccc(OCCCCOc3ccccc3)cc2)c([N+](=O)[O-])c1. The van der Waals surface area contributed by atoms with Crippen LogP contribution in [0.4, 0.5) is 5.69 Å². The summed E-state index contributed by atoms with van der Waals surface area (Å²) in [5.41, 5.74) is 0.819. The van der Waals surface area contributed by atoms with Gasteiger partial charge in [0.2, 0.25) is 0 Å². The number of para-hydroxylation sites is 1. The second-order valence-electron chi connectivity index (χ2n) is 7.20. The average Bonchev–Trinajstić information content (AvgIpc) is 2.83. The van der Waals surface area contributed by atoms with Gasteiger partial charge in [-0.25, -0.2) is 4.79 Å². The number of carboxylic acids is 1. The number of nitro groups is 1. The lowest BCUT2D eigenvalue weighted by atomic mass is 10.2. The summed E-state index contributed by atoms with van der Waals surface area (Å²) in [5, 5.41) is 20.3. The van der Waals surface area contributed by atoms with E-state index in [0.717, 1.165) is 42.4 Å². The van der Waals surface area contributed by atoms with E-state index in [1.54, 1.807) is 0 Å². The van der Waals surface area contributed by atoms with Gasteiger partial charge in [-0.1, -0.05) is 30.3 Å². The molecule has 33 heavy (non-hydrogen) atoms. The predicted molar refractivity (Wildman–Crippen MR) is 128 cm³/mol. The van der Waals surface area contributed by atoms with Gasteiger partial charge in [-0.3, -0.25) is 10.1 Å². The number of hydrogen-bond donors (Lipinski definition) is 1. The van der Waals surface area contributed by atoms with Crippen molar-refractivity contribution < 1.29 is 24.3 Å². The molecule has 0 atom stereocenters. The van der Waals surface area contributed by atoms with Gasteiger partial charge in [0.25, 0.3) is 5.69 Å². The Bertz CT molecular complexity index is 1060. The maximum atomic E-state index is 11.3. The molecule has 0 fully saturated rings. The van der Waals surface area contributed by atoms with Crippen LogP contribution in [0.1, 0.15) is 28.8 Å². The zero-order valence-electron chi connectivity index (χ0n) is 18.0. The van der Waals surface area contributed by atoms with Gasteiger partial charge >= 0.3 is 5.97 Å². The Morgan fingerprint density at radius 1 is 0.909 bits per heavy atom. The van der Waals surface area contributed by atoms with Crippen LogP contribution in [0.15, 0.2) is 77.7 Å². The molecule has 0 saturated heterocycles. The van der Waals surface area contributed by atoms with E-state index < -0.39 is 10.9 Å². The summed E-state index contributed by atoms with van der Waals surface area (Å²) in [6.07, 6.45) is 2.52.